The Hall–Kier alpha value is -3.52. The van der Waals surface area contributed by atoms with Crippen LogP contribution in [0.1, 0.15) is 0 Å². The Balaban J connectivity index is 2.12. The third-order valence-electron chi connectivity index (χ3n) is 3.87. The van der Waals surface area contributed by atoms with Crippen molar-refractivity contribution >= 4 is 21.7 Å². The van der Waals surface area contributed by atoms with Gasteiger partial charge in [-0.1, -0.05) is 12.1 Å². The lowest BCUT2D eigenvalue weighted by Gasteiger charge is -2.07. The number of ether oxygens (including phenoxy) is 1. The molecule has 2 heterocycles. The first-order valence-electron chi connectivity index (χ1n) is 7.20. The molecule has 1 N–H and O–H groups in total. The molecule has 0 aliphatic heterocycles. The van der Waals surface area contributed by atoms with E-state index in [0.717, 1.165) is 0 Å². The molecule has 4 aromatic rings. The van der Waals surface area contributed by atoms with Gasteiger partial charge in [0.25, 0.3) is 0 Å². The van der Waals surface area contributed by atoms with E-state index in [1.807, 2.05) is 0 Å². The summed E-state index contributed by atoms with van der Waals surface area (Å²) in [5.74, 6) is 0.215. The minimum Gasteiger partial charge on any atom is -0.503 e. The molecule has 24 heavy (non-hydrogen) atoms. The van der Waals surface area contributed by atoms with E-state index in [1.54, 1.807) is 36.5 Å². The van der Waals surface area contributed by atoms with Gasteiger partial charge in [0.05, 0.1) is 29.1 Å². The Labute approximate surface area is 136 Å². The highest BCUT2D eigenvalue weighted by Crippen LogP contribution is 2.35. The Morgan fingerprint density at radius 2 is 2.08 bits per heavy atom. The van der Waals surface area contributed by atoms with Gasteiger partial charge in [-0.25, -0.2) is 0 Å². The van der Waals surface area contributed by atoms with E-state index < -0.39 is 0 Å². The quantitative estimate of drug-likeness (QED) is 0.614. The number of nitrogens with zero attached hydrogens (tertiary/aromatic N) is 1. The summed E-state index contributed by atoms with van der Waals surface area (Å²) in [5.41, 5.74) is 0.901. The molecule has 5 nitrogen and oxygen atoms in total. The van der Waals surface area contributed by atoms with Crippen molar-refractivity contribution in [1.29, 1.82) is 0 Å². The molecule has 0 radical (unpaired) electrons. The smallest absolute Gasteiger partial charge is 0.203 e. The number of rotatable bonds is 2. The maximum atomic E-state index is 13.0. The molecular formula is C19H11NO4. The molecule has 0 saturated heterocycles. The molecular weight excluding hydrogens is 306 g/mol. The number of hydrogen-bond donors (Lipinski definition) is 1. The van der Waals surface area contributed by atoms with E-state index in [9.17, 15) is 9.90 Å². The molecule has 0 fully saturated rings. The van der Waals surface area contributed by atoms with Crippen LogP contribution in [0.15, 0.2) is 52.0 Å². The van der Waals surface area contributed by atoms with Gasteiger partial charge < -0.3 is 14.3 Å². The number of aromatic nitrogens is 1. The topological polar surface area (TPSA) is 72.6 Å². The van der Waals surface area contributed by atoms with Gasteiger partial charge in [-0.3, -0.25) is 9.78 Å². The second-order valence-electron chi connectivity index (χ2n) is 5.19. The van der Waals surface area contributed by atoms with Gasteiger partial charge in [0, 0.05) is 11.6 Å². The molecule has 0 aliphatic carbocycles. The van der Waals surface area contributed by atoms with Crippen LogP contribution < -0.4 is 10.2 Å². The van der Waals surface area contributed by atoms with Crippen molar-refractivity contribution in [3.05, 3.63) is 65.1 Å². The predicted octanol–water partition coefficient (Wildman–Crippen LogP) is 3.32. The zero-order valence-corrected chi connectivity index (χ0v) is 12.7. The molecule has 2 aromatic heterocycles. The lowest BCUT2D eigenvalue weighted by atomic mass is 10.0. The summed E-state index contributed by atoms with van der Waals surface area (Å²) >= 11 is 0. The molecule has 0 amide bonds. The fourth-order valence-corrected chi connectivity index (χ4v) is 2.69. The van der Waals surface area contributed by atoms with Crippen molar-refractivity contribution in [2.45, 2.75) is 0 Å². The van der Waals surface area contributed by atoms with Crippen molar-refractivity contribution in [3.63, 3.8) is 0 Å². The number of methoxy groups -OCH3 is 1. The maximum Gasteiger partial charge on any atom is 0.203 e. The first-order valence-corrected chi connectivity index (χ1v) is 7.20. The minimum absolute atomic E-state index is 0.0872. The van der Waals surface area contributed by atoms with Gasteiger partial charge in [0.2, 0.25) is 5.43 Å². The summed E-state index contributed by atoms with van der Waals surface area (Å²) in [6.07, 6.45) is 2.98. The summed E-state index contributed by atoms with van der Waals surface area (Å²) < 4.78 is 10.6. The molecule has 4 rings (SSSR count). The monoisotopic (exact) mass is 317 g/mol. The molecule has 5 heteroatoms. The van der Waals surface area contributed by atoms with Crippen LogP contribution in [0.2, 0.25) is 0 Å². The standard InChI is InChI=1S/C19H11NO4/c1-23-16-8-5-11-12(18(16)21)6-7-15-17(11)19(22)13(10-24-15)14-4-2-3-9-20-14/h2-5,8-10,21H,1H3. The highest BCUT2D eigenvalue weighted by Gasteiger charge is 2.15. The fourth-order valence-electron chi connectivity index (χ4n) is 2.69. The summed E-state index contributed by atoms with van der Waals surface area (Å²) in [7, 11) is 1.46. The van der Waals surface area contributed by atoms with Crippen LogP contribution in [0.25, 0.3) is 33.0 Å². The van der Waals surface area contributed by atoms with Crippen molar-refractivity contribution in [3.8, 4) is 22.8 Å². The zero-order chi connectivity index (χ0) is 16.7. The minimum atomic E-state index is -0.241. The van der Waals surface area contributed by atoms with Crippen molar-refractivity contribution in [2.24, 2.45) is 0 Å². The number of pyridine rings is 1. The van der Waals surface area contributed by atoms with E-state index in [0.29, 0.717) is 33.2 Å². The van der Waals surface area contributed by atoms with E-state index >= 15 is 0 Å². The first-order chi connectivity index (χ1) is 11.7. The van der Waals surface area contributed by atoms with Crippen LogP contribution in [0.4, 0.5) is 0 Å². The van der Waals surface area contributed by atoms with E-state index in [-0.39, 0.29) is 16.8 Å². The number of phenols is 1. The van der Waals surface area contributed by atoms with Crippen LogP contribution in [0.5, 0.6) is 11.5 Å². The third-order valence-corrected chi connectivity index (χ3v) is 3.87. The van der Waals surface area contributed by atoms with E-state index in [2.05, 4.69) is 17.1 Å². The summed E-state index contributed by atoms with van der Waals surface area (Å²) in [6, 6.07) is 14.2. The van der Waals surface area contributed by atoms with Crippen LogP contribution in [-0.4, -0.2) is 17.2 Å². The largest absolute Gasteiger partial charge is 0.503 e. The Bertz CT molecular complexity index is 1120. The van der Waals surface area contributed by atoms with Crippen LogP contribution in [0.3, 0.4) is 0 Å². The molecule has 116 valence electrons. The maximum absolute atomic E-state index is 13.0. The Morgan fingerprint density at radius 1 is 1.21 bits per heavy atom. The van der Waals surface area contributed by atoms with Crippen LogP contribution in [-0.2, 0) is 0 Å². The molecule has 0 atom stereocenters. The number of benzene rings is 1. The van der Waals surface area contributed by atoms with Gasteiger partial charge in [0.1, 0.15) is 6.26 Å². The Morgan fingerprint density at radius 3 is 2.83 bits per heavy atom. The zero-order valence-electron chi connectivity index (χ0n) is 12.7. The van der Waals surface area contributed by atoms with Gasteiger partial charge in [-0.15, -0.1) is 0 Å². The average Bonchev–Trinajstić information content (AvgIpc) is 2.63. The Kier molecular flexibility index (Phi) is 3.10. The third kappa shape index (κ3) is 1.97. The average molecular weight is 317 g/mol. The molecule has 0 bridgehead atoms. The summed E-state index contributed by atoms with van der Waals surface area (Å²) in [5, 5.41) is 11.5. The molecule has 0 spiro atoms. The van der Waals surface area contributed by atoms with E-state index in [4.69, 9.17) is 9.15 Å². The predicted molar refractivity (Wildman–Crippen MR) is 89.1 cm³/mol. The number of hydrogen-bond acceptors (Lipinski definition) is 5. The van der Waals surface area contributed by atoms with Crippen molar-refractivity contribution in [1.82, 2.24) is 4.98 Å². The lowest BCUT2D eigenvalue weighted by Crippen LogP contribution is -2.06. The fraction of sp³-hybridized carbons (Fsp3) is 0.0526. The summed E-state index contributed by atoms with van der Waals surface area (Å²) in [6.45, 7) is 0. The van der Waals surface area contributed by atoms with Crippen LogP contribution in [0, 0.1) is 12.1 Å². The van der Waals surface area contributed by atoms with Gasteiger partial charge in [-0.05, 0) is 30.3 Å². The van der Waals surface area contributed by atoms with Crippen LogP contribution >= 0.6 is 0 Å². The number of fused-ring (bicyclic) bond motifs is 3. The normalized spacial score (nSPS) is 10.7. The summed E-state index contributed by atoms with van der Waals surface area (Å²) in [4.78, 5) is 17.2. The number of phenolic OH excluding ortho intramolecular Hbond substituents is 1. The van der Waals surface area contributed by atoms with Gasteiger partial charge in [0.15, 0.2) is 17.1 Å². The highest BCUT2D eigenvalue weighted by atomic mass is 16.5. The molecule has 0 aliphatic rings. The second kappa shape index (κ2) is 5.28. The second-order valence-corrected chi connectivity index (χ2v) is 5.19. The molecule has 0 saturated carbocycles. The molecule has 2 aromatic carbocycles. The lowest BCUT2D eigenvalue weighted by molar-refractivity contribution is 0.376. The van der Waals surface area contributed by atoms with Gasteiger partial charge in [-0.2, -0.15) is 0 Å². The molecule has 0 unspecified atom stereocenters. The van der Waals surface area contributed by atoms with Crippen molar-refractivity contribution in [2.75, 3.05) is 7.11 Å². The van der Waals surface area contributed by atoms with Gasteiger partial charge >= 0.3 is 0 Å². The first kappa shape index (κ1) is 14.1. The SMILES string of the molecule is COc1ccc2c(c#cc3occ(-c4ccccn4)c(=O)c32)c1O. The highest BCUT2D eigenvalue weighted by molar-refractivity contribution is 6.07. The van der Waals surface area contributed by atoms with E-state index in [1.165, 1.54) is 13.4 Å². The van der Waals surface area contributed by atoms with Crippen molar-refractivity contribution < 1.29 is 14.3 Å². The number of aromatic hydroxyl groups is 1.